The lowest BCUT2D eigenvalue weighted by atomic mass is 10.3. The summed E-state index contributed by atoms with van der Waals surface area (Å²) in [7, 11) is 0. The maximum Gasteiger partial charge on any atom is 0.230 e. The second-order valence-electron chi connectivity index (χ2n) is 2.60. The van der Waals surface area contributed by atoms with Crippen molar-refractivity contribution in [1.29, 1.82) is 0 Å². The number of rotatable bonds is 6. The zero-order chi connectivity index (χ0) is 10.3. The van der Waals surface area contributed by atoms with Crippen LogP contribution in [0.3, 0.4) is 0 Å². The predicted octanol–water partition coefficient (Wildman–Crippen LogP) is 0.446. The Morgan fingerprint density at radius 2 is 2.31 bits per heavy atom. The van der Waals surface area contributed by atoms with E-state index in [0.717, 1.165) is 4.90 Å². The van der Waals surface area contributed by atoms with Crippen molar-refractivity contribution in [2.24, 2.45) is 5.18 Å². The zero-order valence-corrected chi connectivity index (χ0v) is 8.24. The monoisotopic (exact) mass is 204 g/mol. The van der Waals surface area contributed by atoms with Crippen molar-refractivity contribution < 1.29 is 9.59 Å². The van der Waals surface area contributed by atoms with Crippen molar-refractivity contribution in [3.63, 3.8) is 0 Å². The van der Waals surface area contributed by atoms with E-state index >= 15 is 0 Å². The summed E-state index contributed by atoms with van der Waals surface area (Å²) in [5.74, 6) is -0.332. The Morgan fingerprint density at radius 1 is 1.69 bits per heavy atom. The van der Waals surface area contributed by atoms with Crippen molar-refractivity contribution in [1.82, 2.24) is 4.90 Å². The second-order valence-corrected chi connectivity index (χ2v) is 3.48. The first kappa shape index (κ1) is 12.1. The highest BCUT2D eigenvalue weighted by Gasteiger charge is 2.13. The van der Waals surface area contributed by atoms with Crippen LogP contribution in [0, 0.1) is 4.91 Å². The molecule has 0 rings (SSSR count). The molecular formula is C7H12N2O3S. The molecule has 1 unspecified atom stereocenters. The summed E-state index contributed by atoms with van der Waals surface area (Å²) >= 11 is 4.01. The normalized spacial score (nSPS) is 11.8. The van der Waals surface area contributed by atoms with Crippen molar-refractivity contribution in [3.8, 4) is 0 Å². The van der Waals surface area contributed by atoms with Gasteiger partial charge >= 0.3 is 0 Å². The number of nitrogens with zero attached hydrogens (tertiary/aromatic N) is 2. The second kappa shape index (κ2) is 6.59. The molecular weight excluding hydrogens is 192 g/mol. The minimum Gasteiger partial charge on any atom is -0.283 e. The molecule has 0 fully saturated rings. The first-order valence-corrected chi connectivity index (χ1v) is 4.35. The van der Waals surface area contributed by atoms with E-state index in [0.29, 0.717) is 6.41 Å². The molecule has 0 saturated carbocycles. The minimum absolute atomic E-state index is 0.0479. The van der Waals surface area contributed by atoms with Gasteiger partial charge in [-0.3, -0.25) is 14.5 Å². The molecule has 0 aromatic carbocycles. The van der Waals surface area contributed by atoms with Gasteiger partial charge in [-0.05, 0) is 0 Å². The van der Waals surface area contributed by atoms with Gasteiger partial charge in [0.2, 0.25) is 12.3 Å². The van der Waals surface area contributed by atoms with Crippen molar-refractivity contribution in [3.05, 3.63) is 4.91 Å². The van der Waals surface area contributed by atoms with Crippen molar-refractivity contribution >= 4 is 24.9 Å². The zero-order valence-electron chi connectivity index (χ0n) is 7.34. The molecule has 1 atom stereocenters. The van der Waals surface area contributed by atoms with Gasteiger partial charge in [-0.25, -0.2) is 0 Å². The molecule has 0 bridgehead atoms. The van der Waals surface area contributed by atoms with E-state index in [1.807, 2.05) is 0 Å². The Morgan fingerprint density at radius 3 is 2.69 bits per heavy atom. The van der Waals surface area contributed by atoms with Crippen LogP contribution in [0.1, 0.15) is 13.3 Å². The van der Waals surface area contributed by atoms with Crippen LogP contribution in [-0.4, -0.2) is 35.6 Å². The minimum atomic E-state index is -0.332. The maximum atomic E-state index is 11.2. The lowest BCUT2D eigenvalue weighted by Crippen LogP contribution is -2.32. The van der Waals surface area contributed by atoms with Gasteiger partial charge in [0.1, 0.15) is 0 Å². The molecule has 5 nitrogen and oxygen atoms in total. The largest absolute Gasteiger partial charge is 0.283 e. The molecule has 74 valence electrons. The molecule has 13 heavy (non-hydrogen) atoms. The highest BCUT2D eigenvalue weighted by molar-refractivity contribution is 7.80. The fourth-order valence-corrected chi connectivity index (χ4v) is 0.911. The van der Waals surface area contributed by atoms with Crippen LogP contribution < -0.4 is 0 Å². The van der Waals surface area contributed by atoms with E-state index in [-0.39, 0.29) is 30.7 Å². The lowest BCUT2D eigenvalue weighted by Gasteiger charge is -2.14. The van der Waals surface area contributed by atoms with Crippen molar-refractivity contribution in [2.75, 3.05) is 13.1 Å². The topological polar surface area (TPSA) is 66.8 Å². The van der Waals surface area contributed by atoms with Crippen LogP contribution in [-0.2, 0) is 9.59 Å². The highest BCUT2D eigenvalue weighted by atomic mass is 32.1. The molecule has 0 aliphatic rings. The highest BCUT2D eigenvalue weighted by Crippen LogP contribution is 2.02. The average molecular weight is 204 g/mol. The summed E-state index contributed by atoms with van der Waals surface area (Å²) in [5.41, 5.74) is 0. The van der Waals surface area contributed by atoms with Crippen LogP contribution in [0.4, 0.5) is 0 Å². The number of carbonyl (C=O) groups excluding carboxylic acids is 2. The van der Waals surface area contributed by atoms with Gasteiger partial charge in [-0.15, -0.1) is 0 Å². The quantitative estimate of drug-likeness (QED) is 0.388. The summed E-state index contributed by atoms with van der Waals surface area (Å²) in [6, 6.07) is 0. The molecule has 0 N–H and O–H groups in total. The molecule has 0 aliphatic carbocycles. The predicted molar refractivity (Wildman–Crippen MR) is 51.5 cm³/mol. The van der Waals surface area contributed by atoms with Gasteiger partial charge in [0.05, 0.1) is 13.1 Å². The van der Waals surface area contributed by atoms with Crippen LogP contribution in [0.15, 0.2) is 5.18 Å². The first-order chi connectivity index (χ1) is 6.11. The Labute approximate surface area is 81.9 Å². The first-order valence-electron chi connectivity index (χ1n) is 3.83. The van der Waals surface area contributed by atoms with Crippen LogP contribution in [0.2, 0.25) is 0 Å². The summed E-state index contributed by atoms with van der Waals surface area (Å²) in [4.78, 5) is 32.3. The number of hydrogen-bond acceptors (Lipinski definition) is 5. The number of thiol groups is 1. The van der Waals surface area contributed by atoms with Crippen molar-refractivity contribution in [2.45, 2.75) is 18.6 Å². The summed E-state index contributed by atoms with van der Waals surface area (Å²) in [6.45, 7) is 1.74. The van der Waals surface area contributed by atoms with Gasteiger partial charge < -0.3 is 0 Å². The van der Waals surface area contributed by atoms with E-state index < -0.39 is 0 Å². The molecule has 0 spiro atoms. The van der Waals surface area contributed by atoms with E-state index in [9.17, 15) is 14.5 Å². The fourth-order valence-electron chi connectivity index (χ4n) is 0.755. The third kappa shape index (κ3) is 5.35. The molecule has 0 aromatic rings. The third-order valence-corrected chi connectivity index (χ3v) is 1.53. The van der Waals surface area contributed by atoms with Crippen LogP contribution in [0.5, 0.6) is 0 Å². The molecule has 6 heteroatoms. The Hall–Kier alpha value is -0.910. The van der Waals surface area contributed by atoms with E-state index in [1.165, 1.54) is 0 Å². The standard InChI is InChI=1S/C7H12N2O3S/c1-6(13)4-7(11)9(5-10)3-2-8-12/h5-6,13H,2-4H2,1H3. The van der Waals surface area contributed by atoms with Gasteiger partial charge in [0.15, 0.2) is 0 Å². The molecule has 0 aromatic heterocycles. The number of amides is 2. The molecule has 0 saturated heterocycles. The van der Waals surface area contributed by atoms with Gasteiger partial charge in [0, 0.05) is 11.7 Å². The van der Waals surface area contributed by atoms with Crippen LogP contribution in [0.25, 0.3) is 0 Å². The van der Waals surface area contributed by atoms with E-state index in [1.54, 1.807) is 6.92 Å². The Balaban J connectivity index is 3.98. The van der Waals surface area contributed by atoms with Gasteiger partial charge in [0.25, 0.3) is 0 Å². The molecule has 0 aliphatic heterocycles. The Bertz CT molecular complexity index is 196. The molecule has 2 amide bonds. The summed E-state index contributed by atoms with van der Waals surface area (Å²) in [6.07, 6.45) is 0.588. The van der Waals surface area contributed by atoms with Crippen LogP contribution >= 0.6 is 12.6 Å². The SMILES string of the molecule is CC(S)CC(=O)N(C=O)CCN=O. The van der Waals surface area contributed by atoms with E-state index in [2.05, 4.69) is 17.8 Å². The number of nitroso groups, excluding NO2 is 1. The van der Waals surface area contributed by atoms with E-state index in [4.69, 9.17) is 0 Å². The third-order valence-electron chi connectivity index (χ3n) is 1.35. The van der Waals surface area contributed by atoms with Gasteiger partial charge in [-0.1, -0.05) is 12.1 Å². The smallest absolute Gasteiger partial charge is 0.230 e. The summed E-state index contributed by atoms with van der Waals surface area (Å²) < 4.78 is 0. The average Bonchev–Trinajstić information content (AvgIpc) is 2.04. The van der Waals surface area contributed by atoms with Gasteiger partial charge in [-0.2, -0.15) is 17.5 Å². The molecule has 0 radical (unpaired) electrons. The number of hydrogen-bond donors (Lipinski definition) is 1. The Kier molecular flexibility index (Phi) is 6.13. The summed E-state index contributed by atoms with van der Waals surface area (Å²) in [5, 5.41) is 2.47. The number of carbonyl (C=O) groups is 2. The fraction of sp³-hybridized carbons (Fsp3) is 0.714. The molecule has 0 heterocycles. The number of imide groups is 1. The maximum absolute atomic E-state index is 11.2. The lowest BCUT2D eigenvalue weighted by molar-refractivity contribution is -0.137.